The predicted octanol–water partition coefficient (Wildman–Crippen LogP) is 1.59. The van der Waals surface area contributed by atoms with Crippen LogP contribution in [-0.4, -0.2) is 25.0 Å². The zero-order chi connectivity index (χ0) is 12.8. The van der Waals surface area contributed by atoms with Crippen molar-refractivity contribution >= 4 is 27.3 Å². The van der Waals surface area contributed by atoms with E-state index in [0.717, 1.165) is 24.2 Å². The van der Waals surface area contributed by atoms with Crippen LogP contribution >= 0.6 is 11.3 Å². The van der Waals surface area contributed by atoms with Crippen LogP contribution in [-0.2, 0) is 10.0 Å². The standard InChI is InChI=1S/C10H13NO4S2/c1-6-5-7(16-8(6)9(12)13)17(14,15)11-10(2)3-4-10/h5,11H,3-4H2,1-2H3,(H,12,13). The minimum atomic E-state index is -3.59. The van der Waals surface area contributed by atoms with Crippen LogP contribution in [0, 0.1) is 6.92 Å². The molecule has 17 heavy (non-hydrogen) atoms. The van der Waals surface area contributed by atoms with Gasteiger partial charge >= 0.3 is 5.97 Å². The number of carboxylic acid groups (broad SMARTS) is 1. The van der Waals surface area contributed by atoms with Crippen molar-refractivity contribution in [1.29, 1.82) is 0 Å². The summed E-state index contributed by atoms with van der Waals surface area (Å²) < 4.78 is 26.6. The first-order valence-corrected chi connectivity index (χ1v) is 7.41. The van der Waals surface area contributed by atoms with Gasteiger partial charge in [-0.3, -0.25) is 0 Å². The van der Waals surface area contributed by atoms with E-state index in [1.54, 1.807) is 6.92 Å². The fourth-order valence-corrected chi connectivity index (χ4v) is 4.31. The number of hydrogen-bond acceptors (Lipinski definition) is 4. The van der Waals surface area contributed by atoms with Crippen LogP contribution in [0.25, 0.3) is 0 Å². The summed E-state index contributed by atoms with van der Waals surface area (Å²) in [4.78, 5) is 10.9. The van der Waals surface area contributed by atoms with Gasteiger partial charge in [0, 0.05) is 5.54 Å². The van der Waals surface area contributed by atoms with E-state index in [1.165, 1.54) is 6.07 Å². The molecule has 1 aromatic heterocycles. The first-order chi connectivity index (χ1) is 7.73. The van der Waals surface area contributed by atoms with Crippen LogP contribution < -0.4 is 4.72 Å². The molecular formula is C10H13NO4S2. The molecule has 0 saturated heterocycles. The van der Waals surface area contributed by atoms with Crippen molar-refractivity contribution in [3.8, 4) is 0 Å². The molecule has 0 radical (unpaired) electrons. The summed E-state index contributed by atoms with van der Waals surface area (Å²) in [7, 11) is -3.59. The van der Waals surface area contributed by atoms with Gasteiger partial charge in [0.1, 0.15) is 9.09 Å². The highest BCUT2D eigenvalue weighted by atomic mass is 32.2. The zero-order valence-corrected chi connectivity index (χ0v) is 11.1. The Kier molecular flexibility index (Phi) is 2.80. The Labute approximate surface area is 104 Å². The lowest BCUT2D eigenvalue weighted by molar-refractivity contribution is 0.0701. The van der Waals surface area contributed by atoms with Gasteiger partial charge in [0.25, 0.3) is 10.0 Å². The molecule has 1 aliphatic rings. The quantitative estimate of drug-likeness (QED) is 0.874. The van der Waals surface area contributed by atoms with E-state index in [4.69, 9.17) is 5.11 Å². The van der Waals surface area contributed by atoms with Crippen LogP contribution in [0.3, 0.4) is 0 Å². The van der Waals surface area contributed by atoms with Gasteiger partial charge in [0.05, 0.1) is 0 Å². The molecule has 2 N–H and O–H groups in total. The van der Waals surface area contributed by atoms with E-state index >= 15 is 0 Å². The summed E-state index contributed by atoms with van der Waals surface area (Å²) in [5.74, 6) is -1.09. The molecule has 0 atom stereocenters. The molecule has 7 heteroatoms. The normalized spacial score (nSPS) is 18.0. The van der Waals surface area contributed by atoms with Gasteiger partial charge in [-0.1, -0.05) is 0 Å². The smallest absolute Gasteiger partial charge is 0.346 e. The lowest BCUT2D eigenvalue weighted by Gasteiger charge is -2.10. The number of thiophene rings is 1. The van der Waals surface area contributed by atoms with Crippen molar-refractivity contribution in [1.82, 2.24) is 4.72 Å². The molecule has 0 amide bonds. The van der Waals surface area contributed by atoms with Crippen molar-refractivity contribution in [3.05, 3.63) is 16.5 Å². The number of sulfonamides is 1. The maximum Gasteiger partial charge on any atom is 0.346 e. The first-order valence-electron chi connectivity index (χ1n) is 5.11. The number of rotatable bonds is 4. The van der Waals surface area contributed by atoms with E-state index in [2.05, 4.69) is 4.72 Å². The van der Waals surface area contributed by atoms with Gasteiger partial charge in [-0.2, -0.15) is 0 Å². The van der Waals surface area contributed by atoms with Gasteiger partial charge in [-0.05, 0) is 38.3 Å². The zero-order valence-electron chi connectivity index (χ0n) is 9.48. The number of carbonyl (C=O) groups is 1. The summed E-state index contributed by atoms with van der Waals surface area (Å²) in [6, 6.07) is 1.40. The Bertz CT molecular complexity index is 569. The van der Waals surface area contributed by atoms with Crippen LogP contribution in [0.2, 0.25) is 0 Å². The van der Waals surface area contributed by atoms with E-state index in [9.17, 15) is 13.2 Å². The second-order valence-corrected chi connectivity index (χ2v) is 7.51. The van der Waals surface area contributed by atoms with Crippen LogP contribution in [0.5, 0.6) is 0 Å². The van der Waals surface area contributed by atoms with Crippen LogP contribution in [0.1, 0.15) is 35.0 Å². The molecule has 0 unspecified atom stereocenters. The van der Waals surface area contributed by atoms with Crippen LogP contribution in [0.4, 0.5) is 0 Å². The maximum atomic E-state index is 12.0. The fourth-order valence-electron chi connectivity index (χ4n) is 1.46. The number of nitrogens with one attached hydrogen (secondary N) is 1. The minimum Gasteiger partial charge on any atom is -0.477 e. The number of hydrogen-bond donors (Lipinski definition) is 2. The van der Waals surface area contributed by atoms with Crippen molar-refractivity contribution in [2.75, 3.05) is 0 Å². The van der Waals surface area contributed by atoms with Crippen molar-refractivity contribution in [2.45, 2.75) is 36.4 Å². The first kappa shape index (κ1) is 12.5. The largest absolute Gasteiger partial charge is 0.477 e. The van der Waals surface area contributed by atoms with Crippen LogP contribution in [0.15, 0.2) is 10.3 Å². The van der Waals surface area contributed by atoms with Crippen molar-refractivity contribution in [2.24, 2.45) is 0 Å². The summed E-state index contributed by atoms with van der Waals surface area (Å²) in [6.07, 6.45) is 1.64. The molecule has 1 aliphatic carbocycles. The molecule has 2 rings (SSSR count). The highest BCUT2D eigenvalue weighted by molar-refractivity contribution is 7.91. The Morgan fingerprint density at radius 3 is 2.53 bits per heavy atom. The average molecular weight is 275 g/mol. The third kappa shape index (κ3) is 2.51. The average Bonchev–Trinajstić information content (AvgIpc) is 2.75. The maximum absolute atomic E-state index is 12.0. The molecule has 1 heterocycles. The molecule has 0 spiro atoms. The summed E-state index contributed by atoms with van der Waals surface area (Å²) >= 11 is 0.793. The molecule has 1 fully saturated rings. The molecular weight excluding hydrogens is 262 g/mol. The highest BCUT2D eigenvalue weighted by Crippen LogP contribution is 2.37. The van der Waals surface area contributed by atoms with Crippen molar-refractivity contribution in [3.63, 3.8) is 0 Å². The Morgan fingerprint density at radius 1 is 1.53 bits per heavy atom. The molecule has 1 saturated carbocycles. The lowest BCUT2D eigenvalue weighted by atomic mass is 10.3. The Morgan fingerprint density at radius 2 is 2.12 bits per heavy atom. The Balaban J connectivity index is 2.33. The summed E-state index contributed by atoms with van der Waals surface area (Å²) in [6.45, 7) is 3.43. The molecule has 94 valence electrons. The second kappa shape index (κ2) is 3.79. The number of aromatic carboxylic acids is 1. The fraction of sp³-hybridized carbons (Fsp3) is 0.500. The summed E-state index contributed by atoms with van der Waals surface area (Å²) in [5.41, 5.74) is 0.129. The summed E-state index contributed by atoms with van der Waals surface area (Å²) in [5, 5.41) is 8.88. The third-order valence-corrected chi connectivity index (χ3v) is 6.07. The van der Waals surface area contributed by atoms with Gasteiger partial charge in [0.2, 0.25) is 0 Å². The van der Waals surface area contributed by atoms with Crippen molar-refractivity contribution < 1.29 is 18.3 Å². The molecule has 0 bridgehead atoms. The van der Waals surface area contributed by atoms with E-state index in [-0.39, 0.29) is 14.6 Å². The highest BCUT2D eigenvalue weighted by Gasteiger charge is 2.41. The van der Waals surface area contributed by atoms with Gasteiger partial charge in [-0.15, -0.1) is 11.3 Å². The molecule has 0 aliphatic heterocycles. The predicted molar refractivity (Wildman–Crippen MR) is 64.0 cm³/mol. The third-order valence-electron chi connectivity index (χ3n) is 2.74. The molecule has 0 aromatic carbocycles. The topological polar surface area (TPSA) is 83.5 Å². The Hall–Kier alpha value is -0.920. The number of carboxylic acids is 1. The van der Waals surface area contributed by atoms with Gasteiger partial charge < -0.3 is 5.11 Å². The van der Waals surface area contributed by atoms with E-state index < -0.39 is 16.0 Å². The van der Waals surface area contributed by atoms with E-state index in [1.807, 2.05) is 6.92 Å². The minimum absolute atomic E-state index is 0.0699. The second-order valence-electron chi connectivity index (χ2n) is 4.55. The number of aryl methyl sites for hydroxylation is 1. The monoisotopic (exact) mass is 275 g/mol. The van der Waals surface area contributed by atoms with Gasteiger partial charge in [-0.25, -0.2) is 17.9 Å². The SMILES string of the molecule is Cc1cc(S(=O)(=O)NC2(C)CC2)sc1C(=O)O. The molecule has 1 aromatic rings. The molecule has 5 nitrogen and oxygen atoms in total. The lowest BCUT2D eigenvalue weighted by Crippen LogP contribution is -2.33. The van der Waals surface area contributed by atoms with E-state index in [0.29, 0.717) is 5.56 Å². The van der Waals surface area contributed by atoms with Gasteiger partial charge in [0.15, 0.2) is 0 Å².